The van der Waals surface area contributed by atoms with Crippen molar-refractivity contribution >= 4 is 39.8 Å². The molecule has 10 heteroatoms. The van der Waals surface area contributed by atoms with E-state index in [1.54, 1.807) is 49.8 Å². The largest absolute Gasteiger partial charge is 0.493 e. The molecule has 1 N–H and O–H groups in total. The Labute approximate surface area is 224 Å². The Hall–Kier alpha value is -4.44. The monoisotopic (exact) mass is 527 g/mol. The van der Waals surface area contributed by atoms with Gasteiger partial charge in [0.05, 0.1) is 12.7 Å². The van der Waals surface area contributed by atoms with Gasteiger partial charge in [-0.1, -0.05) is 18.2 Å². The van der Waals surface area contributed by atoms with Crippen molar-refractivity contribution in [2.24, 2.45) is 10.1 Å². The van der Waals surface area contributed by atoms with Crippen molar-refractivity contribution in [3.8, 4) is 17.2 Å². The Kier molecular flexibility index (Phi) is 7.23. The SMILES string of the molecule is COc1cc(/C=C2/C(=N)N3N=C(c4cccnc4)SC3=NC2=O)ccc1OCCOc1cc(C)ccc1C. The van der Waals surface area contributed by atoms with Crippen LogP contribution in [0.4, 0.5) is 0 Å². The normalized spacial score (nSPS) is 15.8. The third kappa shape index (κ3) is 5.30. The van der Waals surface area contributed by atoms with Crippen molar-refractivity contribution in [1.29, 1.82) is 5.41 Å². The van der Waals surface area contributed by atoms with E-state index in [1.807, 2.05) is 38.1 Å². The van der Waals surface area contributed by atoms with E-state index in [2.05, 4.69) is 15.1 Å². The van der Waals surface area contributed by atoms with Crippen LogP contribution in [0.1, 0.15) is 22.3 Å². The van der Waals surface area contributed by atoms with Crippen molar-refractivity contribution in [3.05, 3.63) is 88.8 Å². The maximum absolute atomic E-state index is 12.8. The van der Waals surface area contributed by atoms with Crippen molar-refractivity contribution in [1.82, 2.24) is 9.99 Å². The molecule has 1 aromatic heterocycles. The Bertz CT molecular complexity index is 1500. The Morgan fingerprint density at radius 2 is 1.84 bits per heavy atom. The van der Waals surface area contributed by atoms with Crippen LogP contribution in [0.15, 0.2) is 76.6 Å². The number of nitrogens with one attached hydrogen (secondary N) is 1. The second kappa shape index (κ2) is 10.9. The van der Waals surface area contributed by atoms with Crippen molar-refractivity contribution in [2.45, 2.75) is 13.8 Å². The van der Waals surface area contributed by atoms with Gasteiger partial charge >= 0.3 is 0 Å². The number of aliphatic imine (C=N–C) groups is 1. The summed E-state index contributed by atoms with van der Waals surface area (Å²) in [6, 6.07) is 15.0. The highest BCUT2D eigenvalue weighted by molar-refractivity contribution is 8.27. The number of amides is 1. The molecule has 3 heterocycles. The van der Waals surface area contributed by atoms with Crippen LogP contribution in [0, 0.1) is 19.3 Å². The molecule has 0 radical (unpaired) electrons. The molecule has 0 saturated heterocycles. The average Bonchev–Trinajstić information content (AvgIpc) is 3.36. The van der Waals surface area contributed by atoms with Gasteiger partial charge in [0, 0.05) is 18.0 Å². The molecule has 0 atom stereocenters. The second-order valence-electron chi connectivity index (χ2n) is 8.54. The Morgan fingerprint density at radius 3 is 2.61 bits per heavy atom. The van der Waals surface area contributed by atoms with Gasteiger partial charge in [0.2, 0.25) is 5.17 Å². The number of pyridine rings is 1. The zero-order valence-corrected chi connectivity index (χ0v) is 21.9. The number of fused-ring (bicyclic) bond motifs is 1. The van der Waals surface area contributed by atoms with Crippen molar-refractivity contribution < 1.29 is 19.0 Å². The van der Waals surface area contributed by atoms with Gasteiger partial charge < -0.3 is 14.2 Å². The van der Waals surface area contributed by atoms with E-state index >= 15 is 0 Å². The number of hydrazone groups is 1. The number of aromatic nitrogens is 1. The van der Waals surface area contributed by atoms with Gasteiger partial charge in [-0.05, 0) is 78.7 Å². The molecule has 0 saturated carbocycles. The van der Waals surface area contributed by atoms with Crippen LogP contribution in [0.25, 0.3) is 6.08 Å². The number of amidine groups is 2. The summed E-state index contributed by atoms with van der Waals surface area (Å²) < 4.78 is 17.3. The number of ether oxygens (including phenoxy) is 3. The summed E-state index contributed by atoms with van der Waals surface area (Å²) in [7, 11) is 1.55. The molecule has 192 valence electrons. The molecule has 2 aromatic carbocycles. The molecule has 3 aromatic rings. The van der Waals surface area contributed by atoms with Crippen LogP contribution in [-0.2, 0) is 4.79 Å². The number of rotatable bonds is 8. The second-order valence-corrected chi connectivity index (χ2v) is 9.50. The first-order valence-electron chi connectivity index (χ1n) is 11.8. The van der Waals surface area contributed by atoms with Crippen LogP contribution in [0.2, 0.25) is 0 Å². The van der Waals surface area contributed by atoms with Gasteiger partial charge in [0.15, 0.2) is 17.3 Å². The van der Waals surface area contributed by atoms with Gasteiger partial charge in [-0.2, -0.15) is 15.1 Å². The van der Waals surface area contributed by atoms with Gasteiger partial charge in [-0.25, -0.2) is 0 Å². The molecule has 9 nitrogen and oxygen atoms in total. The molecule has 0 bridgehead atoms. The smallest absolute Gasteiger partial charge is 0.283 e. The summed E-state index contributed by atoms with van der Waals surface area (Å²) in [5.74, 6) is 1.33. The molecule has 0 aliphatic carbocycles. The van der Waals surface area contributed by atoms with Gasteiger partial charge in [-0.15, -0.1) is 0 Å². The highest BCUT2D eigenvalue weighted by Crippen LogP contribution is 2.32. The van der Waals surface area contributed by atoms with Crippen LogP contribution in [0.3, 0.4) is 0 Å². The number of carbonyl (C=O) groups excluding carboxylic acids is 1. The predicted octanol–water partition coefficient (Wildman–Crippen LogP) is 4.83. The molecular formula is C28H25N5O4S. The molecule has 5 rings (SSSR count). The van der Waals surface area contributed by atoms with Gasteiger partial charge in [-0.3, -0.25) is 15.2 Å². The summed E-state index contributed by atoms with van der Waals surface area (Å²) in [6.45, 7) is 4.73. The fourth-order valence-electron chi connectivity index (χ4n) is 3.82. The van der Waals surface area contributed by atoms with E-state index in [0.717, 1.165) is 22.4 Å². The molecule has 1 amide bonds. The Morgan fingerprint density at radius 1 is 1.03 bits per heavy atom. The van der Waals surface area contributed by atoms with E-state index in [1.165, 1.54) is 16.8 Å². The first-order valence-corrected chi connectivity index (χ1v) is 12.7. The summed E-state index contributed by atoms with van der Waals surface area (Å²) in [6.07, 6.45) is 4.95. The molecule has 38 heavy (non-hydrogen) atoms. The van der Waals surface area contributed by atoms with E-state index in [4.69, 9.17) is 19.6 Å². The quantitative estimate of drug-likeness (QED) is 0.330. The van der Waals surface area contributed by atoms with E-state index < -0.39 is 5.91 Å². The summed E-state index contributed by atoms with van der Waals surface area (Å²) in [5.41, 5.74) is 3.78. The van der Waals surface area contributed by atoms with Crippen molar-refractivity contribution in [2.75, 3.05) is 20.3 Å². The summed E-state index contributed by atoms with van der Waals surface area (Å²) >= 11 is 1.23. The van der Waals surface area contributed by atoms with E-state index in [9.17, 15) is 4.79 Å². The van der Waals surface area contributed by atoms with Crippen LogP contribution < -0.4 is 14.2 Å². The fourth-order valence-corrected chi connectivity index (χ4v) is 4.71. The van der Waals surface area contributed by atoms with Gasteiger partial charge in [0.25, 0.3) is 5.91 Å². The Balaban J connectivity index is 1.28. The summed E-state index contributed by atoms with van der Waals surface area (Å²) in [5, 5.41) is 15.4. The lowest BCUT2D eigenvalue weighted by Crippen LogP contribution is -2.35. The standard InChI is InChI=1S/C28H25N5O4S/c1-17-6-7-18(2)23(13-17)37-12-11-36-22-9-8-19(15-24(22)35-3)14-21-25(29)33-28(31-26(21)34)38-27(32-33)20-5-4-10-30-16-20/h4-10,13-16,29H,11-12H2,1-3H3/b21-14-,29-25?. The minimum absolute atomic E-state index is 0.0470. The van der Waals surface area contributed by atoms with Gasteiger partial charge in [0.1, 0.15) is 24.0 Å². The van der Waals surface area contributed by atoms with E-state index in [-0.39, 0.29) is 11.4 Å². The zero-order chi connectivity index (χ0) is 26.6. The van der Waals surface area contributed by atoms with Crippen molar-refractivity contribution in [3.63, 3.8) is 0 Å². The number of hydrogen-bond donors (Lipinski definition) is 1. The molecule has 0 fully saturated rings. The lowest BCUT2D eigenvalue weighted by Gasteiger charge is -2.20. The maximum atomic E-state index is 12.8. The molecular weight excluding hydrogens is 502 g/mol. The third-order valence-electron chi connectivity index (χ3n) is 5.80. The molecule has 0 spiro atoms. The van der Waals surface area contributed by atoms with Crippen LogP contribution in [0.5, 0.6) is 17.2 Å². The lowest BCUT2D eigenvalue weighted by atomic mass is 10.1. The number of carbonyl (C=O) groups is 1. The van der Waals surface area contributed by atoms with Crippen LogP contribution in [-0.4, -0.2) is 52.3 Å². The van der Waals surface area contributed by atoms with E-state index in [0.29, 0.717) is 40.5 Å². The number of hydrogen-bond acceptors (Lipinski definition) is 8. The predicted molar refractivity (Wildman–Crippen MR) is 148 cm³/mol. The highest BCUT2D eigenvalue weighted by atomic mass is 32.2. The highest BCUT2D eigenvalue weighted by Gasteiger charge is 2.36. The molecule has 2 aliphatic rings. The lowest BCUT2D eigenvalue weighted by molar-refractivity contribution is -0.114. The average molecular weight is 528 g/mol. The fraction of sp³-hybridized carbons (Fsp3) is 0.179. The number of methoxy groups -OCH3 is 1. The number of benzene rings is 2. The van der Waals surface area contributed by atoms with Crippen LogP contribution >= 0.6 is 11.8 Å². The number of aryl methyl sites for hydroxylation is 2. The summed E-state index contributed by atoms with van der Waals surface area (Å²) in [4.78, 5) is 21.0. The minimum Gasteiger partial charge on any atom is -0.493 e. The molecule has 2 aliphatic heterocycles. The number of nitrogens with zero attached hydrogens (tertiary/aromatic N) is 4. The zero-order valence-electron chi connectivity index (χ0n) is 21.1. The first-order chi connectivity index (χ1) is 18.4. The third-order valence-corrected chi connectivity index (χ3v) is 6.76. The first kappa shape index (κ1) is 25.2. The molecule has 0 unspecified atom stereocenters. The maximum Gasteiger partial charge on any atom is 0.283 e. The minimum atomic E-state index is -0.501. The number of thioether (sulfide) groups is 1. The topological polar surface area (TPSA) is 109 Å².